The smallest absolute Gasteiger partial charge is 0.342 e. The summed E-state index contributed by atoms with van der Waals surface area (Å²) in [6, 6.07) is 0.998. The third-order valence-electron chi connectivity index (χ3n) is 5.52. The van der Waals surface area contributed by atoms with Crippen molar-refractivity contribution in [2.24, 2.45) is 5.16 Å². The first kappa shape index (κ1) is 26.6. The van der Waals surface area contributed by atoms with Gasteiger partial charge < -0.3 is 29.4 Å². The van der Waals surface area contributed by atoms with Gasteiger partial charge in [-0.05, 0) is 44.7 Å². The summed E-state index contributed by atoms with van der Waals surface area (Å²) in [6.07, 6.45) is 9.36. The van der Waals surface area contributed by atoms with Crippen molar-refractivity contribution in [1.29, 1.82) is 0 Å². The molecule has 0 saturated carbocycles. The van der Waals surface area contributed by atoms with E-state index in [9.17, 15) is 19.8 Å². The van der Waals surface area contributed by atoms with Crippen LogP contribution in [0.1, 0.15) is 49.0 Å². The van der Waals surface area contributed by atoms with Crippen molar-refractivity contribution < 1.29 is 34.1 Å². The molecule has 2 atom stereocenters. The van der Waals surface area contributed by atoms with Gasteiger partial charge in [-0.1, -0.05) is 35.0 Å². The minimum absolute atomic E-state index is 0.0443. The van der Waals surface area contributed by atoms with E-state index in [0.717, 1.165) is 18.9 Å². The molecule has 35 heavy (non-hydrogen) atoms. The lowest BCUT2D eigenvalue weighted by Crippen LogP contribution is -2.49. The Morgan fingerprint density at radius 3 is 2.57 bits per heavy atom. The number of fused-ring (bicyclic) bond motifs is 1. The van der Waals surface area contributed by atoms with E-state index < -0.39 is 11.7 Å². The fourth-order valence-corrected chi connectivity index (χ4v) is 4.18. The Hall–Kier alpha value is -3.04. The number of phenolic OH excluding ortho intramolecular Hbond substituents is 2. The molecule has 1 aromatic rings. The number of carbonyl (C=O) groups is 2. The predicted molar refractivity (Wildman–Crippen MR) is 131 cm³/mol. The summed E-state index contributed by atoms with van der Waals surface area (Å²) in [5.41, 5.74) is 0.349. The first-order valence-electron chi connectivity index (χ1n) is 11.6. The fourth-order valence-electron chi connectivity index (χ4n) is 3.96. The second-order valence-electron chi connectivity index (χ2n) is 8.55. The van der Waals surface area contributed by atoms with Gasteiger partial charge in [-0.25, -0.2) is 4.79 Å². The zero-order valence-corrected chi connectivity index (χ0v) is 20.7. The highest BCUT2D eigenvalue weighted by Crippen LogP contribution is 2.37. The standard InChI is InChI=1S/C25H31ClN2O7/c1-16-13-28(14-17(2)35-16)22(31)15-34-27-18-9-7-5-3-4-6-8-10-33-25(32)23-19(11-18)24(26)21(30)12-20(23)29/h4,6-7,9,12,16-17,29-30H,3,5,8,10-11,13-15H2,1-2H3/b6-4+,9-7+,27-18+. The maximum absolute atomic E-state index is 12.7. The predicted octanol–water partition coefficient (Wildman–Crippen LogP) is 3.76. The van der Waals surface area contributed by atoms with Crippen LogP contribution in [0.15, 0.2) is 35.5 Å². The number of halogens is 1. The van der Waals surface area contributed by atoms with Crippen LogP contribution >= 0.6 is 11.6 Å². The van der Waals surface area contributed by atoms with Crippen LogP contribution in [-0.2, 0) is 25.5 Å². The van der Waals surface area contributed by atoms with Crippen LogP contribution in [0.4, 0.5) is 0 Å². The monoisotopic (exact) mass is 506 g/mol. The van der Waals surface area contributed by atoms with E-state index >= 15 is 0 Å². The quantitative estimate of drug-likeness (QED) is 0.364. The maximum Gasteiger partial charge on any atom is 0.342 e. The summed E-state index contributed by atoms with van der Waals surface area (Å²) in [6.45, 7) is 4.62. The highest BCUT2D eigenvalue weighted by Gasteiger charge is 2.27. The number of rotatable bonds is 3. The van der Waals surface area contributed by atoms with Gasteiger partial charge in [-0.3, -0.25) is 4.79 Å². The molecule has 9 nitrogen and oxygen atoms in total. The minimum Gasteiger partial charge on any atom is -0.507 e. The van der Waals surface area contributed by atoms with Crippen molar-refractivity contribution >= 4 is 29.2 Å². The number of allylic oxidation sites excluding steroid dienone is 3. The molecule has 0 aliphatic carbocycles. The van der Waals surface area contributed by atoms with E-state index in [1.165, 1.54) is 0 Å². The van der Waals surface area contributed by atoms with Gasteiger partial charge in [0, 0.05) is 25.6 Å². The van der Waals surface area contributed by atoms with Crippen LogP contribution in [0.25, 0.3) is 0 Å². The number of amides is 1. The number of carbonyl (C=O) groups excluding carboxylic acids is 2. The van der Waals surface area contributed by atoms with E-state index in [0.29, 0.717) is 25.2 Å². The molecule has 0 spiro atoms. The lowest BCUT2D eigenvalue weighted by atomic mass is 9.99. The average molecular weight is 507 g/mol. The van der Waals surface area contributed by atoms with Crippen molar-refractivity contribution in [3.63, 3.8) is 0 Å². The first-order valence-corrected chi connectivity index (χ1v) is 12.0. The van der Waals surface area contributed by atoms with Gasteiger partial charge in [0.15, 0.2) is 6.61 Å². The normalized spacial score (nSPS) is 24.7. The van der Waals surface area contributed by atoms with Gasteiger partial charge in [-0.15, -0.1) is 0 Å². The highest BCUT2D eigenvalue weighted by molar-refractivity contribution is 6.33. The Labute approximate surface area is 209 Å². The van der Waals surface area contributed by atoms with Crippen LogP contribution in [0, 0.1) is 0 Å². The molecular weight excluding hydrogens is 476 g/mol. The number of hydrogen-bond acceptors (Lipinski definition) is 8. The Kier molecular flexibility index (Phi) is 9.56. The van der Waals surface area contributed by atoms with Crippen LogP contribution in [0.2, 0.25) is 5.02 Å². The van der Waals surface area contributed by atoms with E-state index in [2.05, 4.69) is 5.16 Å². The van der Waals surface area contributed by atoms with E-state index in [4.69, 9.17) is 25.9 Å². The molecule has 2 aliphatic rings. The highest BCUT2D eigenvalue weighted by atomic mass is 35.5. The molecule has 10 heteroatoms. The molecular formula is C25H31ClN2O7. The minimum atomic E-state index is -0.764. The second kappa shape index (κ2) is 12.6. The topological polar surface area (TPSA) is 118 Å². The van der Waals surface area contributed by atoms with Gasteiger partial charge in [-0.2, -0.15) is 0 Å². The number of oxime groups is 1. The van der Waals surface area contributed by atoms with Crippen molar-refractivity contribution in [1.82, 2.24) is 4.90 Å². The third-order valence-corrected chi connectivity index (χ3v) is 5.94. The lowest BCUT2D eigenvalue weighted by Gasteiger charge is -2.35. The zero-order chi connectivity index (χ0) is 25.4. The summed E-state index contributed by atoms with van der Waals surface area (Å²) in [5, 5.41) is 24.5. The molecule has 2 heterocycles. The lowest BCUT2D eigenvalue weighted by molar-refractivity contribution is -0.147. The van der Waals surface area contributed by atoms with Gasteiger partial charge in [0.05, 0.1) is 29.5 Å². The van der Waals surface area contributed by atoms with Crippen LogP contribution in [-0.4, -0.2) is 71.2 Å². The molecule has 1 saturated heterocycles. The van der Waals surface area contributed by atoms with Gasteiger partial charge >= 0.3 is 5.97 Å². The molecule has 1 fully saturated rings. The van der Waals surface area contributed by atoms with Crippen LogP contribution in [0.5, 0.6) is 11.5 Å². The third kappa shape index (κ3) is 7.47. The molecule has 1 amide bonds. The van der Waals surface area contributed by atoms with Crippen molar-refractivity contribution in [3.8, 4) is 11.5 Å². The van der Waals surface area contributed by atoms with E-state index in [1.807, 2.05) is 32.1 Å². The molecule has 0 bridgehead atoms. The number of phenols is 2. The molecule has 1 aromatic carbocycles. The number of esters is 1. The van der Waals surface area contributed by atoms with Crippen LogP contribution < -0.4 is 0 Å². The zero-order valence-electron chi connectivity index (χ0n) is 19.9. The SMILES string of the molecule is CC1CN(C(=O)CO/N=C2\C=C\CC/C=C/CCOC(=O)c3c(O)cc(O)c(Cl)c3C2)CC(C)O1. The number of ether oxygens (including phenoxy) is 2. The summed E-state index contributed by atoms with van der Waals surface area (Å²) in [4.78, 5) is 32.3. The molecule has 3 rings (SSSR count). The van der Waals surface area contributed by atoms with Crippen molar-refractivity contribution in [2.75, 3.05) is 26.3 Å². The van der Waals surface area contributed by atoms with Crippen molar-refractivity contribution in [2.45, 2.75) is 51.7 Å². The number of hydrogen-bond donors (Lipinski definition) is 2. The summed E-state index contributed by atoms with van der Waals surface area (Å²) in [5.74, 6) is -1.82. The van der Waals surface area contributed by atoms with Gasteiger partial charge in [0.2, 0.25) is 0 Å². The Morgan fingerprint density at radius 1 is 1.14 bits per heavy atom. The summed E-state index contributed by atoms with van der Waals surface area (Å²) in [7, 11) is 0. The van der Waals surface area contributed by atoms with Gasteiger partial charge in [0.25, 0.3) is 5.91 Å². The Morgan fingerprint density at radius 2 is 1.83 bits per heavy atom. The molecule has 190 valence electrons. The first-order chi connectivity index (χ1) is 16.8. The van der Waals surface area contributed by atoms with Crippen LogP contribution in [0.3, 0.4) is 0 Å². The molecule has 2 unspecified atom stereocenters. The maximum atomic E-state index is 12.7. The van der Waals surface area contributed by atoms with E-state index in [1.54, 1.807) is 11.0 Å². The fraction of sp³-hybridized carbons (Fsp3) is 0.480. The number of cyclic esters (lactones) is 1. The Balaban J connectivity index is 1.84. The average Bonchev–Trinajstić information content (AvgIpc) is 2.79. The number of aromatic hydroxyl groups is 2. The summed E-state index contributed by atoms with van der Waals surface area (Å²) >= 11 is 6.31. The molecule has 2 N–H and O–H groups in total. The molecule has 2 aliphatic heterocycles. The molecule has 0 radical (unpaired) electrons. The van der Waals surface area contributed by atoms with Gasteiger partial charge in [0.1, 0.15) is 17.1 Å². The van der Waals surface area contributed by atoms with Crippen molar-refractivity contribution in [3.05, 3.63) is 46.5 Å². The van der Waals surface area contributed by atoms with E-state index in [-0.39, 0.29) is 59.6 Å². The number of nitrogens with zero attached hydrogens (tertiary/aromatic N) is 2. The number of benzene rings is 1. The number of morpholine rings is 1. The molecule has 0 aromatic heterocycles. The summed E-state index contributed by atoms with van der Waals surface area (Å²) < 4.78 is 10.9. The largest absolute Gasteiger partial charge is 0.507 e. The second-order valence-corrected chi connectivity index (χ2v) is 8.92. The Bertz CT molecular complexity index is 1010.